The van der Waals surface area contributed by atoms with Crippen LogP contribution < -0.4 is 10.6 Å². The Hall–Kier alpha value is -0.980. The Bertz CT molecular complexity index is 512. The van der Waals surface area contributed by atoms with E-state index in [1.165, 1.54) is 6.07 Å². The molecule has 2 N–H and O–H groups in total. The Morgan fingerprint density at radius 1 is 1.62 bits per heavy atom. The summed E-state index contributed by atoms with van der Waals surface area (Å²) in [4.78, 5) is 14.3. The summed E-state index contributed by atoms with van der Waals surface area (Å²) in [7, 11) is 0. The summed E-state index contributed by atoms with van der Waals surface area (Å²) < 4.78 is 14.9. The molecule has 21 heavy (non-hydrogen) atoms. The molecule has 116 valence electrons. The van der Waals surface area contributed by atoms with Gasteiger partial charge in [-0.2, -0.15) is 0 Å². The van der Waals surface area contributed by atoms with E-state index >= 15 is 0 Å². The lowest BCUT2D eigenvalue weighted by Gasteiger charge is -2.39. The van der Waals surface area contributed by atoms with Gasteiger partial charge in [0.2, 0.25) is 5.91 Å². The Morgan fingerprint density at radius 2 is 2.38 bits per heavy atom. The number of amides is 1. The molecule has 1 fully saturated rings. The van der Waals surface area contributed by atoms with Crippen LogP contribution in [-0.4, -0.2) is 43.0 Å². The summed E-state index contributed by atoms with van der Waals surface area (Å²) >= 11 is 3.38. The fourth-order valence-electron chi connectivity index (χ4n) is 2.73. The minimum absolute atomic E-state index is 0.00745. The average Bonchev–Trinajstić information content (AvgIpc) is 2.49. The van der Waals surface area contributed by atoms with Gasteiger partial charge in [0, 0.05) is 42.3 Å². The van der Waals surface area contributed by atoms with Crippen LogP contribution in [0.4, 0.5) is 4.39 Å². The van der Waals surface area contributed by atoms with Gasteiger partial charge in [-0.1, -0.05) is 15.9 Å². The molecule has 0 bridgehead atoms. The largest absolute Gasteiger partial charge is 0.355 e. The highest BCUT2D eigenvalue weighted by molar-refractivity contribution is 9.10. The van der Waals surface area contributed by atoms with Crippen molar-refractivity contribution in [2.24, 2.45) is 0 Å². The van der Waals surface area contributed by atoms with Gasteiger partial charge in [-0.25, -0.2) is 4.39 Å². The predicted octanol–water partition coefficient (Wildman–Crippen LogP) is 2.06. The predicted molar refractivity (Wildman–Crippen MR) is 84.6 cm³/mol. The van der Waals surface area contributed by atoms with E-state index in [1.54, 1.807) is 12.1 Å². The molecule has 0 saturated carbocycles. The van der Waals surface area contributed by atoms with Crippen molar-refractivity contribution in [2.45, 2.75) is 25.9 Å². The number of nitrogens with one attached hydrogen (secondary N) is 2. The zero-order valence-electron chi connectivity index (χ0n) is 12.3. The van der Waals surface area contributed by atoms with Crippen molar-refractivity contribution in [3.05, 3.63) is 34.1 Å². The second kappa shape index (κ2) is 7.33. The highest BCUT2D eigenvalue weighted by atomic mass is 79.9. The molecule has 4 nitrogen and oxygen atoms in total. The van der Waals surface area contributed by atoms with E-state index in [2.05, 4.69) is 31.5 Å². The number of carbonyl (C=O) groups is 1. The topological polar surface area (TPSA) is 44.4 Å². The average molecular weight is 358 g/mol. The minimum Gasteiger partial charge on any atom is -0.355 e. The van der Waals surface area contributed by atoms with Crippen LogP contribution in [0.25, 0.3) is 0 Å². The Balaban J connectivity index is 2.23. The molecule has 1 aromatic rings. The lowest BCUT2D eigenvalue weighted by Crippen LogP contribution is -2.58. The highest BCUT2D eigenvalue weighted by Gasteiger charge is 2.32. The first-order valence-electron chi connectivity index (χ1n) is 7.23. The van der Waals surface area contributed by atoms with Crippen LogP contribution in [-0.2, 0) is 4.79 Å². The number of benzene rings is 1. The van der Waals surface area contributed by atoms with Crippen LogP contribution in [0.5, 0.6) is 0 Å². The number of piperazine rings is 1. The maximum Gasteiger partial charge on any atom is 0.238 e. The lowest BCUT2D eigenvalue weighted by atomic mass is 10.0. The van der Waals surface area contributed by atoms with Gasteiger partial charge in [0.1, 0.15) is 11.9 Å². The first-order chi connectivity index (χ1) is 10.0. The van der Waals surface area contributed by atoms with E-state index in [0.717, 1.165) is 17.6 Å². The Morgan fingerprint density at radius 3 is 3.10 bits per heavy atom. The van der Waals surface area contributed by atoms with Crippen molar-refractivity contribution < 1.29 is 9.18 Å². The number of hydrogen-bond donors (Lipinski definition) is 2. The van der Waals surface area contributed by atoms with E-state index in [0.29, 0.717) is 18.7 Å². The monoisotopic (exact) mass is 357 g/mol. The van der Waals surface area contributed by atoms with E-state index in [4.69, 9.17) is 0 Å². The van der Waals surface area contributed by atoms with Gasteiger partial charge in [0.15, 0.2) is 0 Å². The number of nitrogens with zero attached hydrogens (tertiary/aromatic N) is 1. The quantitative estimate of drug-likeness (QED) is 0.866. The van der Waals surface area contributed by atoms with Crippen LogP contribution in [0.15, 0.2) is 22.7 Å². The molecule has 6 heteroatoms. The van der Waals surface area contributed by atoms with Crippen molar-refractivity contribution in [3.8, 4) is 0 Å². The number of carbonyl (C=O) groups excluding carboxylic acids is 1. The minimum atomic E-state index is -0.271. The molecule has 0 radical (unpaired) electrons. The highest BCUT2D eigenvalue weighted by Crippen LogP contribution is 2.28. The molecule has 1 aliphatic rings. The number of likely N-dealkylation sites (N-methyl/N-ethyl adjacent to an activating group) is 1. The third-order valence-corrected chi connectivity index (χ3v) is 4.34. The summed E-state index contributed by atoms with van der Waals surface area (Å²) in [6.07, 6.45) is 0. The van der Waals surface area contributed by atoms with Crippen LogP contribution in [0, 0.1) is 5.82 Å². The van der Waals surface area contributed by atoms with Crippen molar-refractivity contribution in [1.82, 2.24) is 15.5 Å². The van der Waals surface area contributed by atoms with Gasteiger partial charge in [-0.3, -0.25) is 9.69 Å². The molecule has 0 aromatic heterocycles. The van der Waals surface area contributed by atoms with Crippen LogP contribution in [0.3, 0.4) is 0 Å². The van der Waals surface area contributed by atoms with Crippen LogP contribution >= 0.6 is 15.9 Å². The second-order valence-corrected chi connectivity index (χ2v) is 6.11. The second-order valence-electron chi connectivity index (χ2n) is 5.19. The standard InChI is InChI=1S/C15H21BrFN3O/c1-3-19-15(21)14-9-18-6-7-20(14)10(2)12-8-11(16)4-5-13(12)17/h4-5,8,10,14,18H,3,6-7,9H2,1-2H3,(H,19,21). The van der Waals surface area contributed by atoms with E-state index in [9.17, 15) is 9.18 Å². The molecular formula is C15H21BrFN3O. The van der Waals surface area contributed by atoms with E-state index < -0.39 is 0 Å². The van der Waals surface area contributed by atoms with Gasteiger partial charge in [-0.05, 0) is 32.0 Å². The summed E-state index contributed by atoms with van der Waals surface area (Å²) in [5.41, 5.74) is 0.612. The molecule has 0 spiro atoms. The van der Waals surface area contributed by atoms with Gasteiger partial charge in [0.05, 0.1) is 0 Å². The molecule has 1 heterocycles. The number of hydrogen-bond acceptors (Lipinski definition) is 3. The van der Waals surface area contributed by atoms with Gasteiger partial charge < -0.3 is 10.6 Å². The van der Waals surface area contributed by atoms with E-state index in [1.807, 2.05) is 13.8 Å². The van der Waals surface area contributed by atoms with Gasteiger partial charge in [-0.15, -0.1) is 0 Å². The molecule has 2 atom stereocenters. The fraction of sp³-hybridized carbons (Fsp3) is 0.533. The van der Waals surface area contributed by atoms with Crippen molar-refractivity contribution in [1.29, 1.82) is 0 Å². The Kier molecular flexibility index (Phi) is 5.72. The summed E-state index contributed by atoms with van der Waals surface area (Å²) in [6, 6.07) is 4.50. The van der Waals surface area contributed by atoms with Gasteiger partial charge in [0.25, 0.3) is 0 Å². The zero-order chi connectivity index (χ0) is 15.4. The maximum atomic E-state index is 14.1. The molecule has 0 aliphatic carbocycles. The van der Waals surface area contributed by atoms with E-state index in [-0.39, 0.29) is 23.8 Å². The summed E-state index contributed by atoms with van der Waals surface area (Å²) in [5, 5.41) is 6.08. The molecule has 1 aromatic carbocycles. The molecule has 2 rings (SSSR count). The SMILES string of the molecule is CCNC(=O)C1CNCCN1C(C)c1cc(Br)ccc1F. The third kappa shape index (κ3) is 3.81. The first-order valence-corrected chi connectivity index (χ1v) is 8.03. The third-order valence-electron chi connectivity index (χ3n) is 3.84. The maximum absolute atomic E-state index is 14.1. The zero-order valence-corrected chi connectivity index (χ0v) is 13.9. The molecular weight excluding hydrogens is 337 g/mol. The molecule has 2 unspecified atom stereocenters. The smallest absolute Gasteiger partial charge is 0.238 e. The lowest BCUT2D eigenvalue weighted by molar-refractivity contribution is -0.128. The van der Waals surface area contributed by atoms with Crippen LogP contribution in [0.2, 0.25) is 0 Å². The summed E-state index contributed by atoms with van der Waals surface area (Å²) in [6.45, 7) is 6.55. The van der Waals surface area contributed by atoms with Gasteiger partial charge >= 0.3 is 0 Å². The number of rotatable bonds is 4. The van der Waals surface area contributed by atoms with Crippen molar-refractivity contribution in [3.63, 3.8) is 0 Å². The Labute approximate surface area is 133 Å². The normalized spacial score (nSPS) is 21.0. The molecule has 1 aliphatic heterocycles. The fourth-order valence-corrected chi connectivity index (χ4v) is 3.11. The molecule has 1 amide bonds. The number of halogens is 2. The van der Waals surface area contributed by atoms with Crippen molar-refractivity contribution in [2.75, 3.05) is 26.2 Å². The summed E-state index contributed by atoms with van der Waals surface area (Å²) in [5.74, 6) is -0.245. The van der Waals surface area contributed by atoms with Crippen LogP contribution in [0.1, 0.15) is 25.5 Å². The van der Waals surface area contributed by atoms with Crippen molar-refractivity contribution >= 4 is 21.8 Å². The molecule has 1 saturated heterocycles. The first kappa shape index (κ1) is 16.4.